The van der Waals surface area contributed by atoms with Crippen molar-refractivity contribution in [2.45, 2.75) is 83.1 Å². The minimum absolute atomic E-state index is 0.0174. The Morgan fingerprint density at radius 2 is 1.90 bits per heavy atom. The number of anilines is 1. The van der Waals surface area contributed by atoms with E-state index >= 15 is 0 Å². The van der Waals surface area contributed by atoms with Gasteiger partial charge in [-0.1, -0.05) is 18.6 Å². The number of carbonyl (C=O) groups excluding carboxylic acids is 2. The van der Waals surface area contributed by atoms with Gasteiger partial charge < -0.3 is 20.3 Å². The van der Waals surface area contributed by atoms with E-state index in [0.717, 1.165) is 73.2 Å². The Bertz CT molecular complexity index is 1720. The minimum Gasteiger partial charge on any atom is -0.494 e. The van der Waals surface area contributed by atoms with Crippen LogP contribution in [0.3, 0.4) is 0 Å². The summed E-state index contributed by atoms with van der Waals surface area (Å²) in [5.74, 6) is 1.38. The molecule has 1 saturated carbocycles. The van der Waals surface area contributed by atoms with Crippen molar-refractivity contribution in [2.24, 2.45) is 27.7 Å². The number of ketones is 1. The van der Waals surface area contributed by atoms with Gasteiger partial charge in [0.05, 0.1) is 12.8 Å². The van der Waals surface area contributed by atoms with Crippen molar-refractivity contribution in [3.63, 3.8) is 0 Å². The molecule has 0 aromatic heterocycles. The summed E-state index contributed by atoms with van der Waals surface area (Å²) < 4.78 is 19.7. The molecule has 49 heavy (non-hydrogen) atoms. The molecule has 2 saturated heterocycles. The smallest absolute Gasteiger partial charge is 0.254 e. The Balaban J connectivity index is 0.960. The van der Waals surface area contributed by atoms with Crippen LogP contribution in [-0.4, -0.2) is 60.4 Å². The number of hydrogen-bond acceptors (Lipinski definition) is 7. The van der Waals surface area contributed by atoms with Crippen LogP contribution < -0.4 is 15.4 Å². The van der Waals surface area contributed by atoms with Crippen molar-refractivity contribution in [3.8, 4) is 5.75 Å². The number of rotatable bonds is 7. The molecular weight excluding hydrogens is 617 g/mol. The van der Waals surface area contributed by atoms with Gasteiger partial charge in [0.25, 0.3) is 5.91 Å². The van der Waals surface area contributed by atoms with Crippen molar-refractivity contribution < 1.29 is 18.7 Å². The molecule has 1 spiro atoms. The van der Waals surface area contributed by atoms with Crippen molar-refractivity contribution in [1.29, 1.82) is 0 Å². The number of amides is 1. The third-order valence-corrected chi connectivity index (χ3v) is 11.2. The van der Waals surface area contributed by atoms with Crippen LogP contribution in [0.25, 0.3) is 5.57 Å². The number of fused-ring (bicyclic) bond motifs is 1. The third kappa shape index (κ3) is 7.42. The first-order chi connectivity index (χ1) is 23.8. The van der Waals surface area contributed by atoms with Gasteiger partial charge in [-0.05, 0) is 124 Å². The predicted molar refractivity (Wildman–Crippen MR) is 193 cm³/mol. The first kappa shape index (κ1) is 33.4. The average Bonchev–Trinajstić information content (AvgIpc) is 3.73. The van der Waals surface area contributed by atoms with Gasteiger partial charge in [-0.15, -0.1) is 0 Å². The maximum Gasteiger partial charge on any atom is 0.254 e. The number of carbonyl (C=O) groups is 2. The summed E-state index contributed by atoms with van der Waals surface area (Å²) in [7, 11) is 1.46. The summed E-state index contributed by atoms with van der Waals surface area (Å²) in [6, 6.07) is 10.8. The normalized spacial score (nSPS) is 24.3. The lowest BCUT2D eigenvalue weighted by atomic mass is 9.82. The number of amidine groups is 1. The highest BCUT2D eigenvalue weighted by Gasteiger charge is 2.44. The van der Waals surface area contributed by atoms with Crippen LogP contribution in [0.1, 0.15) is 92.1 Å². The van der Waals surface area contributed by atoms with Gasteiger partial charge >= 0.3 is 0 Å². The largest absolute Gasteiger partial charge is 0.494 e. The molecule has 7 rings (SSSR count). The number of allylic oxidation sites excluding steroid dienone is 2. The molecule has 2 unspecified atom stereocenters. The van der Waals surface area contributed by atoms with Gasteiger partial charge in [0, 0.05) is 60.5 Å². The van der Waals surface area contributed by atoms with E-state index in [0.29, 0.717) is 48.1 Å². The number of nitrogens with zero attached hydrogens (tertiary/aromatic N) is 3. The number of piperidine rings is 1. The predicted octanol–water partition coefficient (Wildman–Crippen LogP) is 7.50. The van der Waals surface area contributed by atoms with Crippen molar-refractivity contribution >= 4 is 34.5 Å². The van der Waals surface area contributed by atoms with Crippen molar-refractivity contribution in [2.75, 3.05) is 32.1 Å². The third-order valence-electron chi connectivity index (χ3n) is 11.2. The Morgan fingerprint density at radius 1 is 1.06 bits per heavy atom. The van der Waals surface area contributed by atoms with Gasteiger partial charge in [0.2, 0.25) is 0 Å². The second kappa shape index (κ2) is 14.4. The van der Waals surface area contributed by atoms with Crippen LogP contribution in [0.15, 0.2) is 64.9 Å². The number of aliphatic imine (C=N–C) groups is 2. The second-order valence-electron chi connectivity index (χ2n) is 14.6. The Morgan fingerprint density at radius 3 is 2.65 bits per heavy atom. The molecule has 2 atom stereocenters. The molecule has 1 amide bonds. The number of benzene rings is 2. The lowest BCUT2D eigenvalue weighted by Gasteiger charge is -2.33. The topological polar surface area (TPSA) is 95.4 Å². The fourth-order valence-corrected chi connectivity index (χ4v) is 8.22. The van der Waals surface area contributed by atoms with Crippen LogP contribution in [0.5, 0.6) is 5.75 Å². The molecule has 2 aromatic carbocycles. The van der Waals surface area contributed by atoms with E-state index in [1.165, 1.54) is 38.9 Å². The highest BCUT2D eigenvalue weighted by molar-refractivity contribution is 6.48. The van der Waals surface area contributed by atoms with Crippen molar-refractivity contribution in [1.82, 2.24) is 10.2 Å². The molecule has 4 aliphatic heterocycles. The van der Waals surface area contributed by atoms with E-state index in [4.69, 9.17) is 14.7 Å². The molecule has 1 aliphatic carbocycles. The van der Waals surface area contributed by atoms with Crippen LogP contribution in [-0.2, 0) is 4.79 Å². The van der Waals surface area contributed by atoms with Gasteiger partial charge in [0.15, 0.2) is 17.4 Å². The SMILES string of the molecule is COc1ccc(C2=CN=C3C(Nc4ccc(C(=O)N5CCC(C(=O)CC6CCCCNC7(CC7)C6)CC5)c(C)c4)=N/C=C\CCC23)cc1F. The monoisotopic (exact) mass is 665 g/mol. The van der Waals surface area contributed by atoms with Crippen LogP contribution in [0, 0.1) is 30.5 Å². The summed E-state index contributed by atoms with van der Waals surface area (Å²) in [5.41, 5.74) is 5.22. The zero-order valence-electron chi connectivity index (χ0n) is 28.8. The molecule has 2 aromatic rings. The van der Waals surface area contributed by atoms with E-state index < -0.39 is 5.82 Å². The summed E-state index contributed by atoms with van der Waals surface area (Å²) in [5, 5.41) is 7.20. The molecule has 5 aliphatic rings. The number of hydrogen-bond donors (Lipinski definition) is 2. The molecule has 2 N–H and O–H groups in total. The lowest BCUT2D eigenvalue weighted by Crippen LogP contribution is -2.41. The average molecular weight is 666 g/mol. The van der Waals surface area contributed by atoms with E-state index in [9.17, 15) is 14.0 Å². The molecule has 9 heteroatoms. The molecule has 0 radical (unpaired) electrons. The number of nitrogens with one attached hydrogen (secondary N) is 2. The zero-order chi connectivity index (χ0) is 34.0. The van der Waals surface area contributed by atoms with Crippen LogP contribution in [0.4, 0.5) is 10.1 Å². The van der Waals surface area contributed by atoms with Crippen LogP contribution in [0.2, 0.25) is 0 Å². The standard InChI is InChI=1S/C40H48FN5O3/c1-26-21-30(45-38-37-32(8-4-5-17-42-38)33(25-43-37)29-9-12-36(49-2)34(41)23-29)10-11-31(26)39(48)46-19-13-28(14-20-46)35(47)22-27-7-3-6-18-44-40(24-27)15-16-40/h5,9-12,17,21,23,25,27-28,32,44H,3-4,6-8,13-16,18-20,22,24H2,1-2H3,(H,42,45)/b17-5-. The number of ether oxygens (including phenoxy) is 1. The number of halogens is 1. The summed E-state index contributed by atoms with van der Waals surface area (Å²) in [4.78, 5) is 38.4. The number of likely N-dealkylation sites (tertiary alicyclic amines) is 1. The maximum absolute atomic E-state index is 14.6. The summed E-state index contributed by atoms with van der Waals surface area (Å²) in [6.45, 7) is 4.30. The molecule has 258 valence electrons. The Hall–Kier alpha value is -4.11. The van der Waals surface area contributed by atoms with E-state index in [1.807, 2.05) is 48.4 Å². The first-order valence-corrected chi connectivity index (χ1v) is 18.1. The maximum atomic E-state index is 14.6. The van der Waals surface area contributed by atoms with Crippen LogP contribution >= 0.6 is 0 Å². The summed E-state index contributed by atoms with van der Waals surface area (Å²) in [6.07, 6.45) is 16.7. The number of Topliss-reactive ketones (excluding diaryl/α,β-unsaturated/α-hetero) is 1. The highest BCUT2D eigenvalue weighted by Crippen LogP contribution is 2.44. The van der Waals surface area contributed by atoms with Gasteiger partial charge in [-0.3, -0.25) is 14.6 Å². The molecule has 3 fully saturated rings. The number of aryl methyl sites for hydroxylation is 1. The Labute approximate surface area is 289 Å². The molecule has 4 heterocycles. The van der Waals surface area contributed by atoms with Crippen molar-refractivity contribution in [3.05, 3.63) is 77.4 Å². The molecule has 8 nitrogen and oxygen atoms in total. The first-order valence-electron chi connectivity index (χ1n) is 18.1. The quantitative estimate of drug-likeness (QED) is 0.320. The van der Waals surface area contributed by atoms with E-state index in [-0.39, 0.29) is 23.5 Å². The van der Waals surface area contributed by atoms with Gasteiger partial charge in [0.1, 0.15) is 5.78 Å². The summed E-state index contributed by atoms with van der Waals surface area (Å²) >= 11 is 0. The molecular formula is C40H48FN5O3. The van der Waals surface area contributed by atoms with E-state index in [2.05, 4.69) is 10.6 Å². The van der Waals surface area contributed by atoms with Gasteiger partial charge in [-0.25, -0.2) is 9.38 Å². The highest BCUT2D eigenvalue weighted by atomic mass is 19.1. The minimum atomic E-state index is -0.403. The Kier molecular flexibility index (Phi) is 9.81. The fourth-order valence-electron chi connectivity index (χ4n) is 8.22. The molecule has 0 bridgehead atoms. The zero-order valence-corrected chi connectivity index (χ0v) is 28.8. The lowest BCUT2D eigenvalue weighted by molar-refractivity contribution is -0.125. The fraction of sp³-hybridized carbons (Fsp3) is 0.500. The number of methoxy groups -OCH3 is 1. The second-order valence-corrected chi connectivity index (χ2v) is 14.6. The van der Waals surface area contributed by atoms with E-state index in [1.54, 1.807) is 12.3 Å². The van der Waals surface area contributed by atoms with Gasteiger partial charge in [-0.2, -0.15) is 0 Å².